The van der Waals surface area contributed by atoms with Gasteiger partial charge < -0.3 is 20.1 Å². The molecule has 6 nitrogen and oxygen atoms in total. The Hall–Kier alpha value is -3.28. The molecule has 3 rings (SSSR count). The summed E-state index contributed by atoms with van der Waals surface area (Å²) < 4.78 is 5.22. The van der Waals surface area contributed by atoms with Crippen molar-refractivity contribution in [1.82, 2.24) is 10.2 Å². The highest BCUT2D eigenvalue weighted by atomic mass is 16.5. The van der Waals surface area contributed by atoms with Crippen molar-refractivity contribution < 1.29 is 19.4 Å². The summed E-state index contributed by atoms with van der Waals surface area (Å²) in [4.78, 5) is 26.3. The maximum atomic E-state index is 13.5. The van der Waals surface area contributed by atoms with Gasteiger partial charge in [0.2, 0.25) is 0 Å². The van der Waals surface area contributed by atoms with Crippen LogP contribution in [0.3, 0.4) is 0 Å². The maximum absolute atomic E-state index is 13.5. The van der Waals surface area contributed by atoms with E-state index in [1.165, 1.54) is 0 Å². The molecule has 0 aromatic heterocycles. The number of carbonyl (C=O) groups is 2. The number of methoxy groups -OCH3 is 1. The monoisotopic (exact) mass is 408 g/mol. The zero-order valence-electron chi connectivity index (χ0n) is 17.6. The number of nitrogens with one attached hydrogen (secondary N) is 1. The summed E-state index contributed by atoms with van der Waals surface area (Å²) in [5, 5.41) is 11.3. The van der Waals surface area contributed by atoms with Crippen molar-refractivity contribution in [1.29, 1.82) is 0 Å². The highest BCUT2D eigenvalue weighted by molar-refractivity contribution is 6.04. The minimum atomic E-state index is -1.06. The fourth-order valence-corrected chi connectivity index (χ4v) is 3.88. The highest BCUT2D eigenvalue weighted by Gasteiger charge is 2.42. The third kappa shape index (κ3) is 4.82. The van der Waals surface area contributed by atoms with Crippen LogP contribution in [0, 0.1) is 0 Å². The summed E-state index contributed by atoms with van der Waals surface area (Å²) in [6, 6.07) is 17.5. The Kier molecular flexibility index (Phi) is 6.45. The molecule has 0 bridgehead atoms. The van der Waals surface area contributed by atoms with Crippen molar-refractivity contribution >= 4 is 17.6 Å². The van der Waals surface area contributed by atoms with E-state index in [-0.39, 0.29) is 18.0 Å². The largest absolute Gasteiger partial charge is 0.497 e. The molecule has 2 aromatic carbocycles. The minimum Gasteiger partial charge on any atom is -0.497 e. The number of amides is 2. The molecule has 1 fully saturated rings. The number of nitrogens with zero attached hydrogens (tertiary/aromatic N) is 1. The van der Waals surface area contributed by atoms with Gasteiger partial charge in [0.15, 0.2) is 0 Å². The molecular formula is C24H28N2O4. The van der Waals surface area contributed by atoms with Gasteiger partial charge >= 0.3 is 6.09 Å². The number of likely N-dealkylation sites (tertiary alicyclic amines) is 1. The van der Waals surface area contributed by atoms with E-state index in [1.54, 1.807) is 7.11 Å². The van der Waals surface area contributed by atoms with Crippen molar-refractivity contribution in [3.63, 3.8) is 0 Å². The summed E-state index contributed by atoms with van der Waals surface area (Å²) in [7, 11) is 1.63. The Bertz CT molecular complexity index is 933. The van der Waals surface area contributed by atoms with Gasteiger partial charge in [-0.25, -0.2) is 4.79 Å². The van der Waals surface area contributed by atoms with Crippen molar-refractivity contribution in [2.45, 2.75) is 38.8 Å². The van der Waals surface area contributed by atoms with Crippen LogP contribution in [0.4, 0.5) is 4.79 Å². The maximum Gasteiger partial charge on any atom is 0.404 e. The molecule has 1 aliphatic rings. The zero-order valence-corrected chi connectivity index (χ0v) is 17.6. The van der Waals surface area contributed by atoms with Crippen LogP contribution in [0.2, 0.25) is 0 Å². The first-order valence-corrected chi connectivity index (χ1v) is 10.0. The third-order valence-electron chi connectivity index (χ3n) is 5.48. The SMILES string of the molecule is COc1ccc(CN2C(=O)/C(=C(\CCNC(=O)O)c3ccccc3)CC2(C)C)cc1. The molecule has 0 unspecified atom stereocenters. The first-order chi connectivity index (χ1) is 14.3. The topological polar surface area (TPSA) is 78.9 Å². The van der Waals surface area contributed by atoms with Crippen LogP contribution < -0.4 is 10.1 Å². The molecule has 0 radical (unpaired) electrons. The van der Waals surface area contributed by atoms with Crippen molar-refractivity contribution in [3.05, 3.63) is 71.3 Å². The molecule has 0 spiro atoms. The van der Waals surface area contributed by atoms with Gasteiger partial charge in [0, 0.05) is 30.6 Å². The fourth-order valence-electron chi connectivity index (χ4n) is 3.88. The van der Waals surface area contributed by atoms with Gasteiger partial charge in [0.25, 0.3) is 5.91 Å². The van der Waals surface area contributed by atoms with E-state index in [1.807, 2.05) is 59.5 Å². The van der Waals surface area contributed by atoms with Crippen LogP contribution in [0.25, 0.3) is 5.57 Å². The molecule has 1 heterocycles. The van der Waals surface area contributed by atoms with Gasteiger partial charge in [-0.2, -0.15) is 0 Å². The summed E-state index contributed by atoms with van der Waals surface area (Å²) in [5.74, 6) is 0.786. The zero-order chi connectivity index (χ0) is 21.7. The lowest BCUT2D eigenvalue weighted by molar-refractivity contribution is -0.128. The van der Waals surface area contributed by atoms with Crippen molar-refractivity contribution in [3.8, 4) is 5.75 Å². The first kappa shape index (κ1) is 21.4. The van der Waals surface area contributed by atoms with E-state index in [0.29, 0.717) is 19.4 Å². The Morgan fingerprint density at radius 3 is 2.40 bits per heavy atom. The number of carbonyl (C=O) groups excluding carboxylic acids is 1. The molecule has 158 valence electrons. The molecule has 2 N–H and O–H groups in total. The van der Waals surface area contributed by atoms with E-state index in [9.17, 15) is 9.59 Å². The number of hydrogen-bond acceptors (Lipinski definition) is 3. The fraction of sp³-hybridized carbons (Fsp3) is 0.333. The van der Waals surface area contributed by atoms with E-state index in [4.69, 9.17) is 9.84 Å². The normalized spacial score (nSPS) is 17.0. The molecule has 0 aliphatic carbocycles. The smallest absolute Gasteiger partial charge is 0.404 e. The molecule has 6 heteroatoms. The molecular weight excluding hydrogens is 380 g/mol. The van der Waals surface area contributed by atoms with E-state index >= 15 is 0 Å². The average Bonchev–Trinajstić information content (AvgIpc) is 2.95. The Labute approximate surface area is 177 Å². The van der Waals surface area contributed by atoms with Crippen LogP contribution in [0.15, 0.2) is 60.2 Å². The van der Waals surface area contributed by atoms with Gasteiger partial charge in [0.1, 0.15) is 5.75 Å². The van der Waals surface area contributed by atoms with Crippen LogP contribution in [0.1, 0.15) is 37.8 Å². The van der Waals surface area contributed by atoms with Gasteiger partial charge in [-0.1, -0.05) is 42.5 Å². The summed E-state index contributed by atoms with van der Waals surface area (Å²) in [6.07, 6.45) is 0.00924. The second kappa shape index (κ2) is 9.03. The second-order valence-corrected chi connectivity index (χ2v) is 8.03. The third-order valence-corrected chi connectivity index (χ3v) is 5.48. The Balaban J connectivity index is 1.92. The lowest BCUT2D eigenvalue weighted by Gasteiger charge is -2.31. The standard InChI is InChI=1S/C24H28N2O4/c1-24(2)15-21(20(13-14-25-23(28)29)18-7-5-4-6-8-18)22(27)26(24)16-17-9-11-19(30-3)12-10-17/h4-12,25H,13-16H2,1-3H3,(H,28,29)/b21-20+. The first-order valence-electron chi connectivity index (χ1n) is 10.0. The van der Waals surface area contributed by atoms with Crippen LogP contribution in [0.5, 0.6) is 5.75 Å². The van der Waals surface area contributed by atoms with Gasteiger partial charge in [-0.15, -0.1) is 0 Å². The number of rotatable bonds is 7. The van der Waals surface area contributed by atoms with Crippen LogP contribution in [-0.2, 0) is 11.3 Å². The summed E-state index contributed by atoms with van der Waals surface area (Å²) >= 11 is 0. The van der Waals surface area contributed by atoms with Gasteiger partial charge in [-0.3, -0.25) is 4.79 Å². The Morgan fingerprint density at radius 1 is 1.13 bits per heavy atom. The molecule has 2 amide bonds. The van der Waals surface area contributed by atoms with Crippen LogP contribution >= 0.6 is 0 Å². The molecule has 0 atom stereocenters. The molecule has 1 saturated heterocycles. The minimum absolute atomic E-state index is 0.00463. The van der Waals surface area contributed by atoms with E-state index in [0.717, 1.165) is 28.0 Å². The summed E-state index contributed by atoms with van der Waals surface area (Å²) in [5.41, 5.74) is 3.31. The average molecular weight is 408 g/mol. The van der Waals surface area contributed by atoms with Gasteiger partial charge in [-0.05, 0) is 49.1 Å². The quantitative estimate of drug-likeness (QED) is 0.669. The highest BCUT2D eigenvalue weighted by Crippen LogP contribution is 2.39. The molecule has 0 saturated carbocycles. The molecule has 1 aliphatic heterocycles. The lowest BCUT2D eigenvalue weighted by atomic mass is 9.92. The number of ether oxygens (including phenoxy) is 1. The van der Waals surface area contributed by atoms with Crippen molar-refractivity contribution in [2.24, 2.45) is 0 Å². The number of hydrogen-bond donors (Lipinski definition) is 2. The predicted octanol–water partition coefficient (Wildman–Crippen LogP) is 4.32. The van der Waals surface area contributed by atoms with Crippen LogP contribution in [-0.4, -0.2) is 41.2 Å². The molecule has 30 heavy (non-hydrogen) atoms. The van der Waals surface area contributed by atoms with E-state index in [2.05, 4.69) is 19.2 Å². The predicted molar refractivity (Wildman–Crippen MR) is 116 cm³/mol. The second-order valence-electron chi connectivity index (χ2n) is 8.03. The Morgan fingerprint density at radius 2 is 1.80 bits per heavy atom. The number of carboxylic acid groups (broad SMARTS) is 1. The molecule has 2 aromatic rings. The lowest BCUT2D eigenvalue weighted by Crippen LogP contribution is -2.40. The number of benzene rings is 2. The van der Waals surface area contributed by atoms with E-state index < -0.39 is 6.09 Å². The van der Waals surface area contributed by atoms with Gasteiger partial charge in [0.05, 0.1) is 7.11 Å². The van der Waals surface area contributed by atoms with Crippen molar-refractivity contribution in [2.75, 3.05) is 13.7 Å². The summed E-state index contributed by atoms with van der Waals surface area (Å²) in [6.45, 7) is 4.91.